The SMILES string of the molecule is Cc1ccccc1Nc1nc(N)nc(COC(=O)C23CCC(=O)N2c2ccccc2S3)n1. The summed E-state index contributed by atoms with van der Waals surface area (Å²) in [5.74, 6) is -0.0999. The Bertz CT molecular complexity index is 1240. The van der Waals surface area contributed by atoms with Crippen molar-refractivity contribution in [3.63, 3.8) is 0 Å². The number of rotatable bonds is 5. The number of thioether (sulfide) groups is 1. The predicted octanol–water partition coefficient (Wildman–Crippen LogP) is 3.18. The van der Waals surface area contributed by atoms with Crippen LogP contribution in [0.1, 0.15) is 24.2 Å². The van der Waals surface area contributed by atoms with E-state index in [1.165, 1.54) is 11.8 Å². The van der Waals surface area contributed by atoms with Gasteiger partial charge in [0.25, 0.3) is 0 Å². The van der Waals surface area contributed by atoms with E-state index in [0.717, 1.165) is 21.8 Å². The molecule has 2 aromatic carbocycles. The molecule has 1 atom stereocenters. The molecular weight excluding hydrogens is 428 g/mol. The molecule has 0 bridgehead atoms. The van der Waals surface area contributed by atoms with Gasteiger partial charge in [0.1, 0.15) is 0 Å². The highest BCUT2D eigenvalue weighted by atomic mass is 32.2. The highest BCUT2D eigenvalue weighted by Crippen LogP contribution is 2.56. The zero-order valence-corrected chi connectivity index (χ0v) is 18.1. The van der Waals surface area contributed by atoms with Crippen LogP contribution in [0.3, 0.4) is 0 Å². The Labute approximate surface area is 188 Å². The summed E-state index contributed by atoms with van der Waals surface area (Å²) in [7, 11) is 0. The van der Waals surface area contributed by atoms with Gasteiger partial charge < -0.3 is 15.8 Å². The number of carbonyl (C=O) groups excluding carboxylic acids is 2. The molecule has 9 nitrogen and oxygen atoms in total. The molecule has 1 saturated heterocycles. The number of hydrogen-bond donors (Lipinski definition) is 2. The lowest BCUT2D eigenvalue weighted by Crippen LogP contribution is -2.47. The molecule has 3 heterocycles. The number of carbonyl (C=O) groups is 2. The van der Waals surface area contributed by atoms with Crippen LogP contribution in [0.15, 0.2) is 53.4 Å². The van der Waals surface area contributed by atoms with Gasteiger partial charge in [-0.3, -0.25) is 9.69 Å². The van der Waals surface area contributed by atoms with Gasteiger partial charge in [0.2, 0.25) is 17.8 Å². The van der Waals surface area contributed by atoms with E-state index in [4.69, 9.17) is 10.5 Å². The summed E-state index contributed by atoms with van der Waals surface area (Å²) < 4.78 is 5.59. The van der Waals surface area contributed by atoms with E-state index in [0.29, 0.717) is 12.8 Å². The third-order valence-corrected chi connectivity index (χ3v) is 6.87. The molecule has 1 aromatic heterocycles. The van der Waals surface area contributed by atoms with Crippen molar-refractivity contribution < 1.29 is 14.3 Å². The number of para-hydroxylation sites is 2. The van der Waals surface area contributed by atoms with Gasteiger partial charge in [0.05, 0.1) is 5.69 Å². The standard InChI is InChI=1S/C22H20N6O3S/c1-13-6-2-3-7-14(13)24-21-26-17(25-20(23)27-21)12-31-19(30)22-11-10-18(29)28(22)15-8-4-5-9-16(15)32-22/h2-9H,10-12H2,1H3,(H3,23,24,25,26,27). The quantitative estimate of drug-likeness (QED) is 0.566. The zero-order valence-electron chi connectivity index (χ0n) is 17.2. The number of amides is 1. The molecule has 1 amide bonds. The topological polar surface area (TPSA) is 123 Å². The second-order valence-electron chi connectivity index (χ2n) is 7.53. The number of nitrogens with zero attached hydrogens (tertiary/aromatic N) is 4. The second-order valence-corrected chi connectivity index (χ2v) is 8.85. The fourth-order valence-corrected chi connectivity index (χ4v) is 5.32. The molecule has 3 N–H and O–H groups in total. The first-order chi connectivity index (χ1) is 15.5. The van der Waals surface area contributed by atoms with Crippen molar-refractivity contribution in [1.29, 1.82) is 0 Å². The molecule has 1 unspecified atom stereocenters. The van der Waals surface area contributed by atoms with Gasteiger partial charge in [0.15, 0.2) is 17.3 Å². The largest absolute Gasteiger partial charge is 0.455 e. The van der Waals surface area contributed by atoms with E-state index in [2.05, 4.69) is 20.3 Å². The van der Waals surface area contributed by atoms with Crippen LogP contribution in [0.2, 0.25) is 0 Å². The van der Waals surface area contributed by atoms with E-state index >= 15 is 0 Å². The smallest absolute Gasteiger partial charge is 0.343 e. The molecule has 0 spiro atoms. The Morgan fingerprint density at radius 3 is 2.81 bits per heavy atom. The fraction of sp³-hybridized carbons (Fsp3) is 0.227. The average molecular weight is 449 g/mol. The highest BCUT2D eigenvalue weighted by Gasteiger charge is 2.58. The van der Waals surface area contributed by atoms with Crippen LogP contribution in [0.5, 0.6) is 0 Å². The summed E-state index contributed by atoms with van der Waals surface area (Å²) >= 11 is 1.35. The van der Waals surface area contributed by atoms with E-state index in [9.17, 15) is 9.59 Å². The van der Waals surface area contributed by atoms with Gasteiger partial charge in [-0.2, -0.15) is 15.0 Å². The van der Waals surface area contributed by atoms with Crippen molar-refractivity contribution in [2.24, 2.45) is 0 Å². The first-order valence-corrected chi connectivity index (χ1v) is 10.9. The molecular formula is C22H20N6O3S. The minimum absolute atomic E-state index is 0.0145. The molecule has 3 aromatic rings. The lowest BCUT2D eigenvalue weighted by molar-refractivity contribution is -0.148. The number of aryl methyl sites for hydroxylation is 1. The van der Waals surface area contributed by atoms with E-state index in [1.54, 1.807) is 4.90 Å². The molecule has 5 rings (SSSR count). The number of aromatic nitrogens is 3. The number of benzene rings is 2. The number of nitrogens with one attached hydrogen (secondary N) is 1. The van der Waals surface area contributed by atoms with Crippen LogP contribution >= 0.6 is 11.8 Å². The van der Waals surface area contributed by atoms with Gasteiger partial charge in [0, 0.05) is 23.4 Å². The summed E-state index contributed by atoms with van der Waals surface area (Å²) in [4.78, 5) is 39.6. The zero-order chi connectivity index (χ0) is 22.3. The summed E-state index contributed by atoms with van der Waals surface area (Å²) in [6.45, 7) is 1.77. The molecule has 2 aliphatic heterocycles. The van der Waals surface area contributed by atoms with E-state index in [-0.39, 0.29) is 30.2 Å². The molecule has 1 fully saturated rings. The number of ether oxygens (including phenoxy) is 1. The minimum Gasteiger partial charge on any atom is -0.455 e. The van der Waals surface area contributed by atoms with Crippen molar-refractivity contribution in [2.45, 2.75) is 36.1 Å². The lowest BCUT2D eigenvalue weighted by atomic mass is 10.2. The molecule has 2 aliphatic rings. The monoisotopic (exact) mass is 448 g/mol. The van der Waals surface area contributed by atoms with Gasteiger partial charge in [-0.1, -0.05) is 42.1 Å². The number of hydrogen-bond acceptors (Lipinski definition) is 9. The summed E-state index contributed by atoms with van der Waals surface area (Å²) in [5.41, 5.74) is 8.43. The molecule has 162 valence electrons. The summed E-state index contributed by atoms with van der Waals surface area (Å²) in [6.07, 6.45) is 0.670. The average Bonchev–Trinajstić information content (AvgIpc) is 3.29. The van der Waals surface area contributed by atoms with Crippen LogP contribution in [0.4, 0.5) is 23.3 Å². The van der Waals surface area contributed by atoms with Crippen LogP contribution in [-0.2, 0) is 20.9 Å². The van der Waals surface area contributed by atoms with Gasteiger partial charge >= 0.3 is 5.97 Å². The van der Waals surface area contributed by atoms with Crippen molar-refractivity contribution in [3.8, 4) is 0 Å². The molecule has 10 heteroatoms. The number of anilines is 4. The third kappa shape index (κ3) is 3.42. The fourth-order valence-electron chi connectivity index (χ4n) is 3.91. The number of fused-ring (bicyclic) bond motifs is 3. The van der Waals surface area contributed by atoms with E-state index < -0.39 is 10.8 Å². The van der Waals surface area contributed by atoms with Crippen LogP contribution in [0.25, 0.3) is 0 Å². The maximum Gasteiger partial charge on any atom is 0.343 e. The van der Waals surface area contributed by atoms with Crippen molar-refractivity contribution >= 4 is 46.9 Å². The number of nitrogens with two attached hydrogens (primary N) is 1. The Balaban J connectivity index is 1.34. The van der Waals surface area contributed by atoms with Crippen molar-refractivity contribution in [2.75, 3.05) is 16.0 Å². The lowest BCUT2D eigenvalue weighted by Gasteiger charge is -2.28. The first-order valence-electron chi connectivity index (χ1n) is 10.1. The van der Waals surface area contributed by atoms with Crippen LogP contribution in [0, 0.1) is 6.92 Å². The van der Waals surface area contributed by atoms with Crippen molar-refractivity contribution in [1.82, 2.24) is 15.0 Å². The van der Waals surface area contributed by atoms with Gasteiger partial charge in [-0.05, 0) is 30.7 Å². The first kappa shape index (κ1) is 20.3. The molecule has 32 heavy (non-hydrogen) atoms. The third-order valence-electron chi connectivity index (χ3n) is 5.42. The normalized spacial score (nSPS) is 18.9. The maximum atomic E-state index is 13.2. The second kappa shape index (κ2) is 7.79. The highest BCUT2D eigenvalue weighted by molar-refractivity contribution is 8.02. The predicted molar refractivity (Wildman–Crippen MR) is 120 cm³/mol. The maximum absolute atomic E-state index is 13.2. The molecule has 0 saturated carbocycles. The Morgan fingerprint density at radius 2 is 1.97 bits per heavy atom. The Kier molecular flexibility index (Phi) is 4.93. The number of esters is 1. The van der Waals surface area contributed by atoms with Crippen molar-refractivity contribution in [3.05, 3.63) is 59.9 Å². The van der Waals surface area contributed by atoms with Crippen LogP contribution in [-0.4, -0.2) is 31.7 Å². The summed E-state index contributed by atoms with van der Waals surface area (Å²) in [5, 5.41) is 3.11. The Hall–Kier alpha value is -3.66. The molecule has 0 aliphatic carbocycles. The Morgan fingerprint density at radius 1 is 1.19 bits per heavy atom. The molecule has 0 radical (unpaired) electrons. The van der Waals surface area contributed by atoms with E-state index in [1.807, 2.05) is 55.5 Å². The summed E-state index contributed by atoms with van der Waals surface area (Å²) in [6, 6.07) is 15.2. The number of nitrogen functional groups attached to an aromatic ring is 1. The van der Waals surface area contributed by atoms with Gasteiger partial charge in [-0.15, -0.1) is 0 Å². The minimum atomic E-state index is -1.10. The van der Waals surface area contributed by atoms with Gasteiger partial charge in [-0.25, -0.2) is 4.79 Å². The van der Waals surface area contributed by atoms with Crippen LogP contribution < -0.4 is 16.0 Å².